The van der Waals surface area contributed by atoms with Crippen molar-refractivity contribution < 1.29 is 16.8 Å². The molecule has 1 radical (unpaired) electrons. The van der Waals surface area contributed by atoms with Crippen molar-refractivity contribution in [1.82, 2.24) is 0 Å². The van der Waals surface area contributed by atoms with E-state index in [1.54, 1.807) is 0 Å². The average Bonchev–Trinajstić information content (AvgIpc) is 2.39. The van der Waals surface area contributed by atoms with Crippen LogP contribution in [0.15, 0.2) is 12.2 Å². The van der Waals surface area contributed by atoms with Crippen LogP contribution in [-0.2, 0) is 16.8 Å². The summed E-state index contributed by atoms with van der Waals surface area (Å²) >= 11 is 0. The molecule has 0 saturated carbocycles. The van der Waals surface area contributed by atoms with Crippen LogP contribution in [0.4, 0.5) is 0 Å². The summed E-state index contributed by atoms with van der Waals surface area (Å²) in [5, 5.41) is 0. The molecule has 0 N–H and O–H groups in total. The number of rotatable bonds is 14. The molecule has 0 unspecified atom stereocenters. The van der Waals surface area contributed by atoms with Crippen LogP contribution in [0.25, 0.3) is 0 Å². The van der Waals surface area contributed by atoms with Crippen molar-refractivity contribution in [2.24, 2.45) is 0 Å². The maximum Gasteiger partial charge on any atom is 0 e. The van der Waals surface area contributed by atoms with Gasteiger partial charge in [-0.25, -0.2) is 0 Å². The first-order valence-corrected chi connectivity index (χ1v) is 8.56. The Hall–Kier alpha value is 0.246. The fourth-order valence-electron chi connectivity index (χ4n) is 2.32. The van der Waals surface area contributed by atoms with Crippen LogP contribution < -0.4 is 0 Å². The number of hydrogen-bond acceptors (Lipinski definition) is 0. The summed E-state index contributed by atoms with van der Waals surface area (Å²) in [7, 11) is 0. The van der Waals surface area contributed by atoms with Gasteiger partial charge < -0.3 is 0 Å². The standard InChI is InChI=1S/C18H36.Co/c1-3-5-7-9-11-13-15-17-18-16-14-12-10-8-6-4-2;/h17-18H,3-16H2,1-2H3;/b18-17-;. The van der Waals surface area contributed by atoms with E-state index in [1.165, 1.54) is 89.9 Å². The second kappa shape index (κ2) is 20.6. The summed E-state index contributed by atoms with van der Waals surface area (Å²) in [5.41, 5.74) is 0. The van der Waals surface area contributed by atoms with E-state index in [-0.39, 0.29) is 16.8 Å². The summed E-state index contributed by atoms with van der Waals surface area (Å²) < 4.78 is 0. The van der Waals surface area contributed by atoms with Crippen LogP contribution in [0.1, 0.15) is 104 Å². The molecule has 0 aromatic carbocycles. The summed E-state index contributed by atoms with van der Waals surface area (Å²) in [4.78, 5) is 0. The van der Waals surface area contributed by atoms with Crippen LogP contribution in [0.3, 0.4) is 0 Å². The molecule has 0 spiro atoms. The summed E-state index contributed by atoms with van der Waals surface area (Å²) in [6.07, 6.45) is 24.4. The van der Waals surface area contributed by atoms with E-state index in [0.29, 0.717) is 0 Å². The zero-order chi connectivity index (χ0) is 13.3. The first-order valence-electron chi connectivity index (χ1n) is 8.56. The normalized spacial score (nSPS) is 10.8. The van der Waals surface area contributed by atoms with E-state index >= 15 is 0 Å². The van der Waals surface area contributed by atoms with Crippen molar-refractivity contribution >= 4 is 0 Å². The minimum atomic E-state index is 0. The van der Waals surface area contributed by atoms with Crippen molar-refractivity contribution in [3.8, 4) is 0 Å². The number of unbranched alkanes of at least 4 members (excludes halogenated alkanes) is 12. The largest absolute Gasteiger partial charge is 0.0885 e. The third-order valence-electron chi connectivity index (χ3n) is 3.62. The van der Waals surface area contributed by atoms with Crippen LogP contribution in [0.2, 0.25) is 0 Å². The molecule has 0 heterocycles. The van der Waals surface area contributed by atoms with Gasteiger partial charge in [-0.15, -0.1) is 0 Å². The van der Waals surface area contributed by atoms with E-state index in [2.05, 4.69) is 26.0 Å². The van der Waals surface area contributed by atoms with Crippen molar-refractivity contribution in [3.05, 3.63) is 12.2 Å². The van der Waals surface area contributed by atoms with Gasteiger partial charge in [0.1, 0.15) is 0 Å². The first kappa shape index (κ1) is 21.5. The van der Waals surface area contributed by atoms with E-state index in [0.717, 1.165) is 0 Å². The molecular formula is C18H36Co. The molecule has 0 amide bonds. The van der Waals surface area contributed by atoms with Gasteiger partial charge in [0.15, 0.2) is 0 Å². The SMILES string of the molecule is CCCCCCCC/C=C\CCCCCCCC.[Co]. The molecule has 0 bridgehead atoms. The minimum Gasteiger partial charge on any atom is -0.0885 e. The molecule has 0 fully saturated rings. The van der Waals surface area contributed by atoms with Crippen LogP contribution in [-0.4, -0.2) is 0 Å². The molecule has 117 valence electrons. The van der Waals surface area contributed by atoms with E-state index in [4.69, 9.17) is 0 Å². The second-order valence-electron chi connectivity index (χ2n) is 5.58. The van der Waals surface area contributed by atoms with Gasteiger partial charge in [-0.05, 0) is 25.7 Å². The topological polar surface area (TPSA) is 0 Å². The molecule has 0 rings (SSSR count). The summed E-state index contributed by atoms with van der Waals surface area (Å²) in [6.45, 7) is 4.57. The average molecular weight is 311 g/mol. The van der Waals surface area contributed by atoms with Gasteiger partial charge in [-0.1, -0.05) is 90.2 Å². The molecule has 0 aliphatic heterocycles. The molecule has 0 aromatic rings. The Morgan fingerprint density at radius 3 is 1.16 bits per heavy atom. The summed E-state index contributed by atoms with van der Waals surface area (Å²) in [6, 6.07) is 0. The van der Waals surface area contributed by atoms with Crippen LogP contribution in [0, 0.1) is 0 Å². The predicted octanol–water partition coefficient (Wildman–Crippen LogP) is 7.04. The molecule has 0 nitrogen and oxygen atoms in total. The van der Waals surface area contributed by atoms with E-state index < -0.39 is 0 Å². The molecule has 0 aliphatic carbocycles. The van der Waals surface area contributed by atoms with Gasteiger partial charge in [0.25, 0.3) is 0 Å². The van der Waals surface area contributed by atoms with Gasteiger partial charge in [0.2, 0.25) is 0 Å². The maximum atomic E-state index is 2.41. The van der Waals surface area contributed by atoms with Crippen molar-refractivity contribution in [2.45, 2.75) is 104 Å². The van der Waals surface area contributed by atoms with E-state index in [9.17, 15) is 0 Å². The van der Waals surface area contributed by atoms with Crippen LogP contribution in [0.5, 0.6) is 0 Å². The number of hydrogen-bond donors (Lipinski definition) is 0. The Morgan fingerprint density at radius 2 is 0.789 bits per heavy atom. The zero-order valence-corrected chi connectivity index (χ0v) is 14.4. The quantitative estimate of drug-likeness (QED) is 0.238. The summed E-state index contributed by atoms with van der Waals surface area (Å²) in [5.74, 6) is 0. The monoisotopic (exact) mass is 311 g/mol. The second-order valence-corrected chi connectivity index (χ2v) is 5.58. The van der Waals surface area contributed by atoms with Gasteiger partial charge in [0, 0.05) is 16.8 Å². The molecule has 0 aliphatic rings. The van der Waals surface area contributed by atoms with Gasteiger partial charge in [0.05, 0.1) is 0 Å². The fraction of sp³-hybridized carbons (Fsp3) is 0.889. The Balaban J connectivity index is 0. The fourth-order valence-corrected chi connectivity index (χ4v) is 2.32. The van der Waals surface area contributed by atoms with Gasteiger partial charge in [-0.2, -0.15) is 0 Å². The smallest absolute Gasteiger partial charge is 0 e. The van der Waals surface area contributed by atoms with Crippen molar-refractivity contribution in [1.29, 1.82) is 0 Å². The molecule has 0 atom stereocenters. The van der Waals surface area contributed by atoms with Crippen molar-refractivity contribution in [2.75, 3.05) is 0 Å². The third kappa shape index (κ3) is 20.7. The zero-order valence-electron chi connectivity index (χ0n) is 13.4. The molecule has 0 saturated heterocycles. The first-order chi connectivity index (χ1) is 8.91. The number of allylic oxidation sites excluding steroid dienone is 2. The van der Waals surface area contributed by atoms with Gasteiger partial charge in [-0.3, -0.25) is 0 Å². The Morgan fingerprint density at radius 1 is 0.474 bits per heavy atom. The molecular weight excluding hydrogens is 275 g/mol. The predicted molar refractivity (Wildman–Crippen MR) is 85.1 cm³/mol. The van der Waals surface area contributed by atoms with Crippen molar-refractivity contribution in [3.63, 3.8) is 0 Å². The third-order valence-corrected chi connectivity index (χ3v) is 3.62. The minimum absolute atomic E-state index is 0. The molecule has 19 heavy (non-hydrogen) atoms. The Bertz CT molecular complexity index is 145. The van der Waals surface area contributed by atoms with Crippen LogP contribution >= 0.6 is 0 Å². The van der Waals surface area contributed by atoms with E-state index in [1.807, 2.05) is 0 Å². The van der Waals surface area contributed by atoms with Gasteiger partial charge >= 0.3 is 0 Å². The maximum absolute atomic E-state index is 2.41. The molecule has 0 aromatic heterocycles. The Labute approximate surface area is 133 Å². The Kier molecular flexibility index (Phi) is 23.3. The molecule has 1 heteroatoms.